The molecule has 14 heavy (non-hydrogen) atoms. The number of hydrogen-bond acceptors (Lipinski definition) is 3. The van der Waals surface area contributed by atoms with Gasteiger partial charge in [-0.15, -0.1) is 0 Å². The normalized spacial score (nSPS) is 24.9. The largest absolute Gasteiger partial charge is 0.457 e. The van der Waals surface area contributed by atoms with Crippen molar-refractivity contribution < 1.29 is 14.3 Å². The molecule has 0 amide bonds. The van der Waals surface area contributed by atoms with Crippen LogP contribution in [0.3, 0.4) is 0 Å². The highest BCUT2D eigenvalue weighted by atomic mass is 79.9. The van der Waals surface area contributed by atoms with Gasteiger partial charge in [0.2, 0.25) is 0 Å². The van der Waals surface area contributed by atoms with E-state index in [9.17, 15) is 5.11 Å². The number of aliphatic hydroxyl groups is 1. The second-order valence-electron chi connectivity index (χ2n) is 3.57. The molecule has 0 aliphatic carbocycles. The molecule has 0 radical (unpaired) electrons. The lowest BCUT2D eigenvalue weighted by Gasteiger charge is -2.26. The van der Waals surface area contributed by atoms with Gasteiger partial charge in [-0.3, -0.25) is 0 Å². The maximum atomic E-state index is 10.0. The lowest BCUT2D eigenvalue weighted by Crippen LogP contribution is -2.23. The fourth-order valence-corrected chi connectivity index (χ4v) is 2.26. The Morgan fingerprint density at radius 3 is 3.00 bits per heavy atom. The smallest absolute Gasteiger partial charge is 0.174 e. The molecule has 2 heterocycles. The third-order valence-electron chi connectivity index (χ3n) is 2.61. The Labute approximate surface area is 91.2 Å². The Balaban J connectivity index is 2.07. The predicted octanol–water partition coefficient (Wildman–Crippen LogP) is 2.50. The standard InChI is InChI=1S/C10H13BrO3/c11-10-8(3-5-14-10)9(12)7-2-1-4-13-6-7/h3,5,7,9,12H,1-2,4,6H2. The minimum Gasteiger partial charge on any atom is -0.457 e. The van der Waals surface area contributed by atoms with E-state index >= 15 is 0 Å². The van der Waals surface area contributed by atoms with Crippen LogP contribution in [0, 0.1) is 5.92 Å². The fraction of sp³-hybridized carbons (Fsp3) is 0.600. The summed E-state index contributed by atoms with van der Waals surface area (Å²) in [5.74, 6) is 0.192. The summed E-state index contributed by atoms with van der Waals surface area (Å²) in [6.07, 6.45) is 3.13. The molecule has 1 aromatic rings. The van der Waals surface area contributed by atoms with Crippen LogP contribution in [0.4, 0.5) is 0 Å². The van der Waals surface area contributed by atoms with Gasteiger partial charge >= 0.3 is 0 Å². The zero-order chi connectivity index (χ0) is 9.97. The second-order valence-corrected chi connectivity index (χ2v) is 4.29. The summed E-state index contributed by atoms with van der Waals surface area (Å²) < 4.78 is 11.0. The summed E-state index contributed by atoms with van der Waals surface area (Å²) in [4.78, 5) is 0. The van der Waals surface area contributed by atoms with Crippen molar-refractivity contribution in [2.75, 3.05) is 13.2 Å². The second kappa shape index (κ2) is 4.47. The van der Waals surface area contributed by atoms with Crippen LogP contribution in [0.1, 0.15) is 24.5 Å². The van der Waals surface area contributed by atoms with Crippen molar-refractivity contribution in [2.45, 2.75) is 18.9 Å². The third kappa shape index (κ3) is 2.02. The van der Waals surface area contributed by atoms with Crippen LogP contribution in [0.25, 0.3) is 0 Å². The van der Waals surface area contributed by atoms with Gasteiger partial charge in [0.25, 0.3) is 0 Å². The molecule has 2 atom stereocenters. The first-order valence-corrected chi connectivity index (χ1v) is 5.57. The van der Waals surface area contributed by atoms with E-state index in [1.165, 1.54) is 0 Å². The first kappa shape index (κ1) is 10.2. The maximum absolute atomic E-state index is 10.0. The molecule has 1 aromatic heterocycles. The van der Waals surface area contributed by atoms with Gasteiger partial charge in [-0.05, 0) is 34.8 Å². The summed E-state index contributed by atoms with van der Waals surface area (Å²) >= 11 is 3.27. The molecule has 1 aliphatic heterocycles. The molecule has 0 bridgehead atoms. The molecule has 0 spiro atoms. The number of hydrogen-bond donors (Lipinski definition) is 1. The third-order valence-corrected chi connectivity index (χ3v) is 3.25. The van der Waals surface area contributed by atoms with E-state index in [0.717, 1.165) is 25.0 Å². The van der Waals surface area contributed by atoms with Gasteiger partial charge < -0.3 is 14.3 Å². The van der Waals surface area contributed by atoms with Crippen LogP contribution in [0.5, 0.6) is 0 Å². The zero-order valence-electron chi connectivity index (χ0n) is 7.78. The van der Waals surface area contributed by atoms with Gasteiger partial charge in [-0.1, -0.05) is 0 Å². The highest BCUT2D eigenvalue weighted by Crippen LogP contribution is 2.33. The topological polar surface area (TPSA) is 42.6 Å². The van der Waals surface area contributed by atoms with Gasteiger partial charge in [0.15, 0.2) is 4.67 Å². The lowest BCUT2D eigenvalue weighted by molar-refractivity contribution is -0.0105. The van der Waals surface area contributed by atoms with Crippen molar-refractivity contribution in [3.8, 4) is 0 Å². The van der Waals surface area contributed by atoms with E-state index in [2.05, 4.69) is 15.9 Å². The summed E-state index contributed by atoms with van der Waals surface area (Å²) in [5.41, 5.74) is 0.820. The molecule has 3 nitrogen and oxygen atoms in total. The molecular weight excluding hydrogens is 248 g/mol. The van der Waals surface area contributed by atoms with E-state index in [1.807, 2.05) is 0 Å². The monoisotopic (exact) mass is 260 g/mol. The Morgan fingerprint density at radius 2 is 2.43 bits per heavy atom. The van der Waals surface area contributed by atoms with Crippen LogP contribution >= 0.6 is 15.9 Å². The van der Waals surface area contributed by atoms with Crippen molar-refractivity contribution in [2.24, 2.45) is 5.92 Å². The highest BCUT2D eigenvalue weighted by Gasteiger charge is 2.26. The number of rotatable bonds is 2. The van der Waals surface area contributed by atoms with Crippen LogP contribution in [-0.2, 0) is 4.74 Å². The Hall–Kier alpha value is -0.320. The van der Waals surface area contributed by atoms with Gasteiger partial charge in [-0.2, -0.15) is 0 Å². The lowest BCUT2D eigenvalue weighted by atomic mass is 9.92. The molecule has 0 aromatic carbocycles. The summed E-state index contributed by atoms with van der Waals surface area (Å²) in [6.45, 7) is 1.45. The fourth-order valence-electron chi connectivity index (χ4n) is 1.78. The van der Waals surface area contributed by atoms with Gasteiger partial charge in [0, 0.05) is 18.1 Å². The maximum Gasteiger partial charge on any atom is 0.174 e. The van der Waals surface area contributed by atoms with E-state index in [0.29, 0.717) is 11.3 Å². The quantitative estimate of drug-likeness (QED) is 0.889. The van der Waals surface area contributed by atoms with E-state index < -0.39 is 6.10 Å². The molecule has 0 saturated carbocycles. The van der Waals surface area contributed by atoms with Gasteiger partial charge in [0.1, 0.15) is 0 Å². The molecule has 1 saturated heterocycles. The molecule has 1 fully saturated rings. The average molecular weight is 261 g/mol. The Bertz CT molecular complexity index is 291. The van der Waals surface area contributed by atoms with Crippen molar-refractivity contribution in [1.29, 1.82) is 0 Å². The molecular formula is C10H13BrO3. The van der Waals surface area contributed by atoms with E-state index in [4.69, 9.17) is 9.15 Å². The van der Waals surface area contributed by atoms with Crippen molar-refractivity contribution in [3.05, 3.63) is 22.6 Å². The first-order chi connectivity index (χ1) is 6.79. The van der Waals surface area contributed by atoms with Crippen LogP contribution in [0.2, 0.25) is 0 Å². The predicted molar refractivity (Wildman–Crippen MR) is 54.9 cm³/mol. The van der Waals surface area contributed by atoms with Crippen LogP contribution in [-0.4, -0.2) is 18.3 Å². The number of halogens is 1. The summed E-state index contributed by atoms with van der Waals surface area (Å²) in [7, 11) is 0. The van der Waals surface area contributed by atoms with Gasteiger partial charge in [0.05, 0.1) is 19.0 Å². The first-order valence-electron chi connectivity index (χ1n) is 4.77. The molecule has 1 aliphatic rings. The molecule has 4 heteroatoms. The minimum atomic E-state index is -0.483. The SMILES string of the molecule is OC(c1ccoc1Br)C1CCCOC1. The van der Waals surface area contributed by atoms with Crippen molar-refractivity contribution in [3.63, 3.8) is 0 Å². The summed E-state index contributed by atoms with van der Waals surface area (Å²) in [5, 5.41) is 10.0. The number of furan rings is 1. The van der Waals surface area contributed by atoms with Gasteiger partial charge in [-0.25, -0.2) is 0 Å². The van der Waals surface area contributed by atoms with E-state index in [-0.39, 0.29) is 5.92 Å². The van der Waals surface area contributed by atoms with Crippen LogP contribution < -0.4 is 0 Å². The van der Waals surface area contributed by atoms with E-state index in [1.54, 1.807) is 12.3 Å². The number of aliphatic hydroxyl groups excluding tert-OH is 1. The van der Waals surface area contributed by atoms with Crippen LogP contribution in [0.15, 0.2) is 21.4 Å². The van der Waals surface area contributed by atoms with Crippen molar-refractivity contribution in [1.82, 2.24) is 0 Å². The van der Waals surface area contributed by atoms with Crippen molar-refractivity contribution >= 4 is 15.9 Å². The Kier molecular flexibility index (Phi) is 3.26. The minimum absolute atomic E-state index is 0.192. The Morgan fingerprint density at radius 1 is 1.57 bits per heavy atom. The average Bonchev–Trinajstić information content (AvgIpc) is 2.65. The number of ether oxygens (including phenoxy) is 1. The molecule has 1 N–H and O–H groups in total. The molecule has 78 valence electrons. The zero-order valence-corrected chi connectivity index (χ0v) is 9.37. The molecule has 2 unspecified atom stereocenters. The molecule has 2 rings (SSSR count). The summed E-state index contributed by atoms with van der Waals surface area (Å²) in [6, 6.07) is 1.79. The highest BCUT2D eigenvalue weighted by molar-refractivity contribution is 9.10.